The molecule has 0 bridgehead atoms. The summed E-state index contributed by atoms with van der Waals surface area (Å²) in [6, 6.07) is 10.9. The molecule has 0 radical (unpaired) electrons. The van der Waals surface area contributed by atoms with Crippen molar-refractivity contribution in [3.63, 3.8) is 0 Å². The molecule has 1 aromatic carbocycles. The van der Waals surface area contributed by atoms with E-state index in [0.717, 1.165) is 50.8 Å². The number of pyridine rings is 1. The van der Waals surface area contributed by atoms with Crippen molar-refractivity contribution in [3.8, 4) is 0 Å². The van der Waals surface area contributed by atoms with Gasteiger partial charge in [0.25, 0.3) is 0 Å². The number of halogens is 1. The van der Waals surface area contributed by atoms with Crippen LogP contribution >= 0.6 is 0 Å². The summed E-state index contributed by atoms with van der Waals surface area (Å²) in [5, 5.41) is 3.16. The maximum Gasteiger partial charge on any atom is 0.250 e. The Morgan fingerprint density at radius 3 is 2.52 bits per heavy atom. The smallest absolute Gasteiger partial charge is 0.250 e. The van der Waals surface area contributed by atoms with E-state index in [1.807, 2.05) is 36.5 Å². The zero-order valence-corrected chi connectivity index (χ0v) is 23.5. The molecule has 2 fully saturated rings. The fourth-order valence-electron chi connectivity index (χ4n) is 7.06. The van der Waals surface area contributed by atoms with Crippen LogP contribution < -0.4 is 10.2 Å². The van der Waals surface area contributed by atoms with Gasteiger partial charge in [-0.1, -0.05) is 30.7 Å². The molecule has 2 atom stereocenters. The maximum atomic E-state index is 14.5. The molecule has 2 amide bonds. The summed E-state index contributed by atoms with van der Waals surface area (Å²) >= 11 is 0. The third-order valence-electron chi connectivity index (χ3n) is 9.73. The lowest BCUT2D eigenvalue weighted by atomic mass is 9.83. The average molecular weight is 543 g/mol. The second-order valence-electron chi connectivity index (χ2n) is 12.1. The number of allylic oxidation sites excluding steroid dienone is 2. The molecule has 2 heterocycles. The van der Waals surface area contributed by atoms with Crippen molar-refractivity contribution >= 4 is 17.5 Å². The van der Waals surface area contributed by atoms with Gasteiger partial charge in [-0.25, -0.2) is 4.39 Å². The van der Waals surface area contributed by atoms with E-state index < -0.39 is 5.41 Å². The van der Waals surface area contributed by atoms with E-state index in [0.29, 0.717) is 24.9 Å². The molecule has 0 spiro atoms. The Morgan fingerprint density at radius 1 is 1.10 bits per heavy atom. The molecule has 1 aliphatic heterocycles. The van der Waals surface area contributed by atoms with Gasteiger partial charge in [0, 0.05) is 67.9 Å². The fraction of sp³-hybridized carbons (Fsp3) is 0.485. The molecule has 40 heavy (non-hydrogen) atoms. The molecule has 6 nitrogen and oxygen atoms in total. The molecule has 2 aromatic rings. The quantitative estimate of drug-likeness (QED) is 0.525. The summed E-state index contributed by atoms with van der Waals surface area (Å²) < 4.78 is 14.5. The summed E-state index contributed by atoms with van der Waals surface area (Å²) in [5.41, 5.74) is 4.51. The first kappa shape index (κ1) is 26.7. The SMILES string of the molecule is CC1CC2=C(C=C1C(=O)N(C)C1CCN(c3ccncc3)CC1)[C@H](CNC(=O)C1(c3ccccc3F)CC1)CC2. The zero-order valence-electron chi connectivity index (χ0n) is 23.5. The van der Waals surface area contributed by atoms with Crippen LogP contribution in [0.4, 0.5) is 10.1 Å². The Balaban J connectivity index is 1.09. The molecule has 1 saturated heterocycles. The number of nitrogens with zero attached hydrogens (tertiary/aromatic N) is 3. The summed E-state index contributed by atoms with van der Waals surface area (Å²) in [7, 11) is 1.96. The molecule has 210 valence electrons. The zero-order chi connectivity index (χ0) is 27.9. The topological polar surface area (TPSA) is 65.5 Å². The number of nitrogens with one attached hydrogen (secondary N) is 1. The van der Waals surface area contributed by atoms with Crippen LogP contribution in [0.1, 0.15) is 57.4 Å². The van der Waals surface area contributed by atoms with Crippen LogP contribution in [0.15, 0.2) is 71.6 Å². The Hall–Kier alpha value is -3.48. The van der Waals surface area contributed by atoms with E-state index in [-0.39, 0.29) is 35.5 Å². The highest BCUT2D eigenvalue weighted by Crippen LogP contribution is 2.49. The van der Waals surface area contributed by atoms with Crippen LogP contribution in [0.3, 0.4) is 0 Å². The van der Waals surface area contributed by atoms with Gasteiger partial charge in [-0.15, -0.1) is 0 Å². The predicted octanol–water partition coefficient (Wildman–Crippen LogP) is 5.17. The van der Waals surface area contributed by atoms with Crippen molar-refractivity contribution in [3.05, 3.63) is 83.0 Å². The number of piperidine rings is 1. The number of aromatic nitrogens is 1. The minimum atomic E-state index is -0.727. The van der Waals surface area contributed by atoms with Crippen LogP contribution in [0.5, 0.6) is 0 Å². The number of carbonyl (C=O) groups is 2. The number of hydrogen-bond acceptors (Lipinski definition) is 4. The molecule has 1 aromatic heterocycles. The number of likely N-dealkylation sites (N-methyl/N-ethyl adjacent to an activating group) is 1. The van der Waals surface area contributed by atoms with Gasteiger partial charge in [0.15, 0.2) is 0 Å². The molecule has 7 heteroatoms. The summed E-state index contributed by atoms with van der Waals surface area (Å²) in [6.45, 7) is 4.54. The third-order valence-corrected chi connectivity index (χ3v) is 9.73. The Kier molecular flexibility index (Phi) is 7.24. The van der Waals surface area contributed by atoms with Crippen molar-refractivity contribution in [1.29, 1.82) is 0 Å². The lowest BCUT2D eigenvalue weighted by Crippen LogP contribution is -2.46. The van der Waals surface area contributed by atoms with E-state index >= 15 is 0 Å². The number of hydrogen-bond donors (Lipinski definition) is 1. The van der Waals surface area contributed by atoms with Gasteiger partial charge in [0.2, 0.25) is 11.8 Å². The van der Waals surface area contributed by atoms with Gasteiger partial charge in [0.05, 0.1) is 5.41 Å². The highest BCUT2D eigenvalue weighted by molar-refractivity contribution is 5.95. The molecular formula is C33H39FN4O2. The first-order valence-corrected chi connectivity index (χ1v) is 14.8. The second kappa shape index (κ2) is 10.8. The van der Waals surface area contributed by atoms with Gasteiger partial charge in [0.1, 0.15) is 5.82 Å². The predicted molar refractivity (Wildman–Crippen MR) is 154 cm³/mol. The molecule has 1 N–H and O–H groups in total. The van der Waals surface area contributed by atoms with Gasteiger partial charge in [-0.2, -0.15) is 0 Å². The van der Waals surface area contributed by atoms with E-state index in [4.69, 9.17) is 0 Å². The minimum absolute atomic E-state index is 0.0750. The normalized spacial score (nSPS) is 23.9. The highest BCUT2D eigenvalue weighted by Gasteiger charge is 2.52. The van der Waals surface area contributed by atoms with Crippen LogP contribution in [0.25, 0.3) is 0 Å². The first-order valence-electron chi connectivity index (χ1n) is 14.8. The number of rotatable bonds is 7. The van der Waals surface area contributed by atoms with Crippen molar-refractivity contribution in [1.82, 2.24) is 15.2 Å². The molecule has 6 rings (SSSR count). The number of benzene rings is 1. The van der Waals surface area contributed by atoms with Crippen LogP contribution in [-0.2, 0) is 15.0 Å². The third kappa shape index (κ3) is 4.95. The number of anilines is 1. The number of carbonyl (C=O) groups excluding carboxylic acids is 2. The van der Waals surface area contributed by atoms with Gasteiger partial charge in [-0.3, -0.25) is 14.6 Å². The summed E-state index contributed by atoms with van der Waals surface area (Å²) in [4.78, 5) is 35.4. The van der Waals surface area contributed by atoms with Crippen molar-refractivity contribution in [2.24, 2.45) is 11.8 Å². The standard InChI is InChI=1S/C33H39FN4O2/c1-22-19-23-7-8-24(21-36-32(40)33(13-14-33)29-5-3-4-6-30(29)34)28(23)20-27(22)31(39)37(2)25-11-17-38(18-12-25)26-9-15-35-16-10-26/h3-6,9-10,15-16,20,22,24-25H,7-8,11-14,17-19,21H2,1-2H3,(H,36,40)/t22?,24-/m0/s1. The molecule has 4 aliphatic rings. The largest absolute Gasteiger partial charge is 0.371 e. The molecular weight excluding hydrogens is 503 g/mol. The number of amides is 2. The van der Waals surface area contributed by atoms with E-state index in [1.165, 1.54) is 22.9 Å². The Labute approximate surface area is 236 Å². The molecule has 3 aliphatic carbocycles. The second-order valence-corrected chi connectivity index (χ2v) is 12.1. The Bertz CT molecular complexity index is 1340. The fourth-order valence-corrected chi connectivity index (χ4v) is 7.06. The van der Waals surface area contributed by atoms with Crippen molar-refractivity contribution in [2.45, 2.75) is 63.3 Å². The van der Waals surface area contributed by atoms with Gasteiger partial charge in [-0.05, 0) is 80.7 Å². The van der Waals surface area contributed by atoms with Crippen LogP contribution in [0.2, 0.25) is 0 Å². The molecule has 1 saturated carbocycles. The monoisotopic (exact) mass is 542 g/mol. The van der Waals surface area contributed by atoms with Crippen LogP contribution in [-0.4, -0.2) is 54.4 Å². The summed E-state index contributed by atoms with van der Waals surface area (Å²) in [6.07, 6.45) is 11.9. The lowest BCUT2D eigenvalue weighted by molar-refractivity contribution is -0.129. The van der Waals surface area contributed by atoms with Crippen LogP contribution in [0, 0.1) is 17.7 Å². The summed E-state index contributed by atoms with van der Waals surface area (Å²) in [5.74, 6) is 0.136. The van der Waals surface area contributed by atoms with Crippen molar-refractivity contribution in [2.75, 3.05) is 31.6 Å². The highest BCUT2D eigenvalue weighted by atomic mass is 19.1. The van der Waals surface area contributed by atoms with Gasteiger partial charge >= 0.3 is 0 Å². The lowest BCUT2D eigenvalue weighted by Gasteiger charge is -2.39. The van der Waals surface area contributed by atoms with Gasteiger partial charge < -0.3 is 15.1 Å². The van der Waals surface area contributed by atoms with E-state index in [2.05, 4.69) is 28.2 Å². The average Bonchev–Trinajstić information content (AvgIpc) is 3.70. The molecule has 1 unspecified atom stereocenters. The van der Waals surface area contributed by atoms with E-state index in [1.54, 1.807) is 18.2 Å². The Morgan fingerprint density at radius 2 is 1.82 bits per heavy atom. The van der Waals surface area contributed by atoms with Crippen molar-refractivity contribution < 1.29 is 14.0 Å². The van der Waals surface area contributed by atoms with E-state index in [9.17, 15) is 14.0 Å². The maximum absolute atomic E-state index is 14.5. The first-order chi connectivity index (χ1) is 19.4. The minimum Gasteiger partial charge on any atom is -0.371 e.